The highest BCUT2D eigenvalue weighted by atomic mass is 79.9. The Balaban J connectivity index is 2.02. The van der Waals surface area contributed by atoms with Crippen molar-refractivity contribution in [1.29, 1.82) is 0 Å². The molecule has 17 heavy (non-hydrogen) atoms. The van der Waals surface area contributed by atoms with Crippen LogP contribution in [0, 0.1) is 6.92 Å². The van der Waals surface area contributed by atoms with E-state index in [0.717, 1.165) is 10.3 Å². The van der Waals surface area contributed by atoms with Gasteiger partial charge in [0.1, 0.15) is 4.60 Å². The first-order valence-corrected chi connectivity index (χ1v) is 6.09. The highest BCUT2D eigenvalue weighted by Crippen LogP contribution is 2.16. The van der Waals surface area contributed by atoms with Gasteiger partial charge in [-0.1, -0.05) is 0 Å². The lowest BCUT2D eigenvalue weighted by Crippen LogP contribution is -2.39. The maximum Gasteiger partial charge on any atom is 0.255 e. The maximum absolute atomic E-state index is 11.8. The van der Waals surface area contributed by atoms with E-state index in [1.807, 2.05) is 6.92 Å². The average molecular weight is 301 g/mol. The molecular weight excluding hydrogens is 288 g/mol. The first-order valence-electron chi connectivity index (χ1n) is 5.30. The van der Waals surface area contributed by atoms with E-state index in [1.54, 1.807) is 12.1 Å². The molecule has 1 aromatic heterocycles. The molecule has 0 aliphatic carbocycles. The summed E-state index contributed by atoms with van der Waals surface area (Å²) in [4.78, 5) is 16.1. The average Bonchev–Trinajstić information content (AvgIpc) is 2.34. The van der Waals surface area contributed by atoms with E-state index >= 15 is 0 Å². The molecule has 0 aromatic carbocycles. The van der Waals surface area contributed by atoms with Gasteiger partial charge in [0.25, 0.3) is 5.91 Å². The standard InChI is InChI=1S/C11H13BrN2O3/c1-7-8(2-3-10(12)13-7)14-11(15)9-6-16-4-5-17-9/h2-3,9H,4-6H2,1H3,(H,14,15). The molecule has 0 spiro atoms. The monoisotopic (exact) mass is 300 g/mol. The number of nitrogens with zero attached hydrogens (tertiary/aromatic N) is 1. The Kier molecular flexibility index (Phi) is 4.09. The lowest BCUT2D eigenvalue weighted by molar-refractivity contribution is -0.142. The molecule has 6 heteroatoms. The van der Waals surface area contributed by atoms with E-state index in [1.165, 1.54) is 0 Å². The van der Waals surface area contributed by atoms with E-state index < -0.39 is 6.10 Å². The number of hydrogen-bond donors (Lipinski definition) is 1. The summed E-state index contributed by atoms with van der Waals surface area (Å²) >= 11 is 3.27. The van der Waals surface area contributed by atoms with Gasteiger partial charge in [0.05, 0.1) is 31.2 Å². The predicted molar refractivity (Wildman–Crippen MR) is 65.9 cm³/mol. The van der Waals surface area contributed by atoms with Crippen LogP contribution in [0.25, 0.3) is 0 Å². The lowest BCUT2D eigenvalue weighted by Gasteiger charge is -2.22. The Morgan fingerprint density at radius 1 is 1.53 bits per heavy atom. The molecule has 2 heterocycles. The number of aromatic nitrogens is 1. The minimum absolute atomic E-state index is 0.197. The van der Waals surface area contributed by atoms with Gasteiger partial charge in [0, 0.05) is 0 Å². The Morgan fingerprint density at radius 2 is 2.35 bits per heavy atom. The fraction of sp³-hybridized carbons (Fsp3) is 0.455. The molecule has 1 N–H and O–H groups in total. The number of nitrogens with one attached hydrogen (secondary N) is 1. The first kappa shape index (κ1) is 12.5. The Hall–Kier alpha value is -0.980. The van der Waals surface area contributed by atoms with Crippen LogP contribution in [-0.2, 0) is 14.3 Å². The Morgan fingerprint density at radius 3 is 3.00 bits per heavy atom. The topological polar surface area (TPSA) is 60.5 Å². The summed E-state index contributed by atoms with van der Waals surface area (Å²) in [5.41, 5.74) is 1.44. The number of rotatable bonds is 2. The second kappa shape index (κ2) is 5.57. The number of amides is 1. The SMILES string of the molecule is Cc1nc(Br)ccc1NC(=O)C1COCCO1. The summed E-state index contributed by atoms with van der Waals surface area (Å²) < 4.78 is 11.2. The van der Waals surface area contributed by atoms with Gasteiger partial charge in [0.2, 0.25) is 0 Å². The number of carbonyl (C=O) groups is 1. The van der Waals surface area contributed by atoms with Crippen LogP contribution in [-0.4, -0.2) is 36.8 Å². The number of carbonyl (C=O) groups excluding carboxylic acids is 1. The quantitative estimate of drug-likeness (QED) is 0.841. The molecule has 0 radical (unpaired) electrons. The van der Waals surface area contributed by atoms with Gasteiger partial charge in [-0.25, -0.2) is 4.98 Å². The Bertz CT molecular complexity index is 419. The number of pyridine rings is 1. The van der Waals surface area contributed by atoms with Crippen molar-refractivity contribution >= 4 is 27.5 Å². The third-order valence-electron chi connectivity index (χ3n) is 2.42. The van der Waals surface area contributed by atoms with Crippen LogP contribution in [0.1, 0.15) is 5.69 Å². The summed E-state index contributed by atoms with van der Waals surface area (Å²) in [5.74, 6) is -0.197. The van der Waals surface area contributed by atoms with Crippen LogP contribution >= 0.6 is 15.9 Å². The van der Waals surface area contributed by atoms with Crippen molar-refractivity contribution in [2.45, 2.75) is 13.0 Å². The number of anilines is 1. The third-order valence-corrected chi connectivity index (χ3v) is 2.86. The van der Waals surface area contributed by atoms with Gasteiger partial charge < -0.3 is 14.8 Å². The first-order chi connectivity index (χ1) is 8.16. The molecule has 1 unspecified atom stereocenters. The maximum atomic E-state index is 11.8. The van der Waals surface area contributed by atoms with Gasteiger partial charge in [0.15, 0.2) is 6.10 Å². The predicted octanol–water partition coefficient (Wildman–Crippen LogP) is 1.51. The molecule has 0 saturated carbocycles. The van der Waals surface area contributed by atoms with Crippen molar-refractivity contribution in [1.82, 2.24) is 4.98 Å². The zero-order chi connectivity index (χ0) is 12.3. The summed E-state index contributed by atoms with van der Waals surface area (Å²) in [6.45, 7) is 3.13. The summed E-state index contributed by atoms with van der Waals surface area (Å²) in [6, 6.07) is 3.58. The van der Waals surface area contributed by atoms with Crippen molar-refractivity contribution in [3.63, 3.8) is 0 Å². The van der Waals surface area contributed by atoms with Crippen LogP contribution < -0.4 is 5.32 Å². The molecule has 1 aliphatic heterocycles. The molecule has 5 nitrogen and oxygen atoms in total. The van der Waals surface area contributed by atoms with Crippen molar-refractivity contribution in [3.05, 3.63) is 22.4 Å². The van der Waals surface area contributed by atoms with Crippen molar-refractivity contribution in [2.75, 3.05) is 25.1 Å². The highest BCUT2D eigenvalue weighted by molar-refractivity contribution is 9.10. The van der Waals surface area contributed by atoms with Gasteiger partial charge in [-0.05, 0) is 35.0 Å². The molecule has 1 saturated heterocycles. The lowest BCUT2D eigenvalue weighted by atomic mass is 10.2. The molecule has 0 bridgehead atoms. The zero-order valence-corrected chi connectivity index (χ0v) is 11.0. The van der Waals surface area contributed by atoms with Crippen LogP contribution in [0.15, 0.2) is 16.7 Å². The number of halogens is 1. The van der Waals surface area contributed by atoms with E-state index in [9.17, 15) is 4.79 Å². The minimum atomic E-state index is -0.535. The molecule has 92 valence electrons. The van der Waals surface area contributed by atoms with E-state index in [-0.39, 0.29) is 5.91 Å². The zero-order valence-electron chi connectivity index (χ0n) is 9.40. The second-order valence-corrected chi connectivity index (χ2v) is 4.50. The van der Waals surface area contributed by atoms with Crippen molar-refractivity contribution in [2.24, 2.45) is 0 Å². The molecule has 1 fully saturated rings. The van der Waals surface area contributed by atoms with Crippen LogP contribution in [0.3, 0.4) is 0 Å². The summed E-state index contributed by atoms with van der Waals surface area (Å²) in [6.07, 6.45) is -0.535. The molecule has 1 atom stereocenters. The second-order valence-electron chi connectivity index (χ2n) is 3.69. The number of aryl methyl sites for hydroxylation is 1. The van der Waals surface area contributed by atoms with Crippen LogP contribution in [0.5, 0.6) is 0 Å². The molecule has 1 aliphatic rings. The molecule has 2 rings (SSSR count). The van der Waals surface area contributed by atoms with Crippen LogP contribution in [0.4, 0.5) is 5.69 Å². The van der Waals surface area contributed by atoms with E-state index in [0.29, 0.717) is 25.5 Å². The van der Waals surface area contributed by atoms with Gasteiger partial charge in [-0.3, -0.25) is 4.79 Å². The normalized spacial score (nSPS) is 20.0. The highest BCUT2D eigenvalue weighted by Gasteiger charge is 2.23. The fourth-order valence-corrected chi connectivity index (χ4v) is 1.91. The van der Waals surface area contributed by atoms with Crippen molar-refractivity contribution < 1.29 is 14.3 Å². The van der Waals surface area contributed by atoms with Crippen molar-refractivity contribution in [3.8, 4) is 0 Å². The van der Waals surface area contributed by atoms with Gasteiger partial charge >= 0.3 is 0 Å². The Labute approximate surface area is 108 Å². The molecule has 1 amide bonds. The number of ether oxygens (including phenoxy) is 2. The summed E-state index contributed by atoms with van der Waals surface area (Å²) in [5, 5.41) is 2.78. The number of hydrogen-bond acceptors (Lipinski definition) is 4. The van der Waals surface area contributed by atoms with Gasteiger partial charge in [-0.2, -0.15) is 0 Å². The molecule has 1 aromatic rings. The van der Waals surface area contributed by atoms with Crippen LogP contribution in [0.2, 0.25) is 0 Å². The summed E-state index contributed by atoms with van der Waals surface area (Å²) in [7, 11) is 0. The van der Waals surface area contributed by atoms with E-state index in [4.69, 9.17) is 9.47 Å². The largest absolute Gasteiger partial charge is 0.376 e. The smallest absolute Gasteiger partial charge is 0.255 e. The van der Waals surface area contributed by atoms with E-state index in [2.05, 4.69) is 26.2 Å². The third kappa shape index (κ3) is 3.24. The molecular formula is C11H13BrN2O3. The fourth-order valence-electron chi connectivity index (χ4n) is 1.51. The van der Waals surface area contributed by atoms with Gasteiger partial charge in [-0.15, -0.1) is 0 Å². The minimum Gasteiger partial charge on any atom is -0.376 e.